The number of esters is 1. The summed E-state index contributed by atoms with van der Waals surface area (Å²) in [5.74, 6) is -1.05. The van der Waals surface area contributed by atoms with Crippen molar-refractivity contribution in [1.82, 2.24) is 4.98 Å². The van der Waals surface area contributed by atoms with Crippen molar-refractivity contribution in [2.45, 2.75) is 4.90 Å². The average molecular weight is 521 g/mol. The van der Waals surface area contributed by atoms with Gasteiger partial charge in [0, 0.05) is 6.07 Å². The van der Waals surface area contributed by atoms with Crippen LogP contribution in [0.5, 0.6) is 11.5 Å². The number of para-hydroxylation sites is 1. The molecule has 2 N–H and O–H groups in total. The highest BCUT2D eigenvalue weighted by Gasteiger charge is 2.23. The number of anilines is 2. The molecule has 35 heavy (non-hydrogen) atoms. The van der Waals surface area contributed by atoms with Gasteiger partial charge < -0.3 is 14.2 Å². The predicted octanol–water partition coefficient (Wildman–Crippen LogP) is 2.42. The van der Waals surface area contributed by atoms with Crippen molar-refractivity contribution in [2.75, 3.05) is 29.9 Å². The highest BCUT2D eigenvalue weighted by molar-refractivity contribution is 7.92. The molecule has 0 bridgehead atoms. The Hall–Kier alpha value is -4.24. The van der Waals surface area contributed by atoms with Gasteiger partial charge in [-0.1, -0.05) is 12.1 Å². The van der Waals surface area contributed by atoms with Crippen molar-refractivity contribution >= 4 is 49.1 Å². The summed E-state index contributed by atoms with van der Waals surface area (Å²) in [5, 5.41) is 12.7. The first-order valence-electron chi connectivity index (χ1n) is 9.81. The van der Waals surface area contributed by atoms with Crippen molar-refractivity contribution < 1.29 is 37.1 Å². The van der Waals surface area contributed by atoms with Crippen LogP contribution in [0.1, 0.15) is 10.4 Å². The van der Waals surface area contributed by atoms with Gasteiger partial charge >= 0.3 is 11.0 Å². The molecule has 13 nitrogen and oxygen atoms in total. The predicted molar refractivity (Wildman–Crippen MR) is 122 cm³/mol. The lowest BCUT2D eigenvalue weighted by Crippen LogP contribution is -2.22. The zero-order valence-corrected chi connectivity index (χ0v) is 19.3. The van der Waals surface area contributed by atoms with Crippen LogP contribution in [0.3, 0.4) is 0 Å². The van der Waals surface area contributed by atoms with Gasteiger partial charge in [0.15, 0.2) is 23.2 Å². The van der Waals surface area contributed by atoms with Crippen LogP contribution in [0.25, 0.3) is 0 Å². The number of carbonyl (C=O) groups excluding carboxylic acids is 2. The maximum Gasteiger partial charge on any atom is 0.345 e. The number of carbonyl (C=O) groups is 2. The molecule has 0 aliphatic carbocycles. The molecule has 2 aromatic carbocycles. The number of thiazole rings is 1. The first-order valence-corrected chi connectivity index (χ1v) is 12.1. The van der Waals surface area contributed by atoms with Gasteiger partial charge in [0.1, 0.15) is 19.4 Å². The van der Waals surface area contributed by atoms with Crippen LogP contribution >= 0.6 is 11.3 Å². The van der Waals surface area contributed by atoms with Crippen LogP contribution in [0.15, 0.2) is 53.6 Å². The van der Waals surface area contributed by atoms with Gasteiger partial charge in [-0.05, 0) is 35.6 Å². The fourth-order valence-corrected chi connectivity index (χ4v) is 4.66. The summed E-state index contributed by atoms with van der Waals surface area (Å²) in [7, 11) is -4.11. The van der Waals surface area contributed by atoms with Crippen LogP contribution in [-0.2, 0) is 19.6 Å². The average Bonchev–Trinajstić information content (AvgIpc) is 3.31. The number of nitrogens with zero attached hydrogens (tertiary/aromatic N) is 2. The van der Waals surface area contributed by atoms with E-state index in [9.17, 15) is 28.1 Å². The van der Waals surface area contributed by atoms with Crippen LogP contribution < -0.4 is 19.5 Å². The molecule has 0 saturated heterocycles. The summed E-state index contributed by atoms with van der Waals surface area (Å²) < 4.78 is 43.9. The molecule has 1 aromatic heterocycles. The van der Waals surface area contributed by atoms with Gasteiger partial charge in [0.05, 0.1) is 21.1 Å². The maximum atomic E-state index is 12.9. The summed E-state index contributed by atoms with van der Waals surface area (Å²) in [5.41, 5.74) is -0.199. The van der Waals surface area contributed by atoms with E-state index in [-0.39, 0.29) is 38.6 Å². The second-order valence-corrected chi connectivity index (χ2v) is 9.53. The lowest BCUT2D eigenvalue weighted by Gasteiger charge is -2.19. The molecule has 0 atom stereocenters. The molecular weight excluding hydrogens is 504 g/mol. The Morgan fingerprint density at radius 2 is 1.89 bits per heavy atom. The van der Waals surface area contributed by atoms with Crippen LogP contribution in [0, 0.1) is 10.1 Å². The molecule has 1 aliphatic rings. The Kier molecular flexibility index (Phi) is 6.79. The van der Waals surface area contributed by atoms with E-state index in [4.69, 9.17) is 14.2 Å². The minimum absolute atomic E-state index is 0.0367. The zero-order valence-electron chi connectivity index (χ0n) is 17.6. The van der Waals surface area contributed by atoms with E-state index in [2.05, 4.69) is 15.0 Å². The van der Waals surface area contributed by atoms with E-state index in [1.54, 1.807) is 0 Å². The molecule has 1 amide bonds. The summed E-state index contributed by atoms with van der Waals surface area (Å²) >= 11 is 0.639. The molecule has 3 aromatic rings. The number of nitro groups is 1. The molecule has 0 fully saturated rings. The number of benzene rings is 2. The quantitative estimate of drug-likeness (QED) is 0.255. The molecule has 0 unspecified atom stereocenters. The number of nitrogens with one attached hydrogen (secondary N) is 2. The van der Waals surface area contributed by atoms with Gasteiger partial charge in [0.2, 0.25) is 0 Å². The van der Waals surface area contributed by atoms with Gasteiger partial charge in [-0.25, -0.2) is 18.2 Å². The Labute approximate surface area is 201 Å². The molecule has 0 spiro atoms. The first-order chi connectivity index (χ1) is 16.7. The minimum Gasteiger partial charge on any atom is -0.486 e. The van der Waals surface area contributed by atoms with E-state index >= 15 is 0 Å². The number of fused-ring (bicyclic) bond motifs is 1. The fraction of sp³-hybridized carbons (Fsp3) is 0.150. The molecule has 2 heterocycles. The molecule has 0 saturated carbocycles. The third-order valence-corrected chi connectivity index (χ3v) is 6.70. The minimum atomic E-state index is -4.11. The van der Waals surface area contributed by atoms with E-state index in [1.165, 1.54) is 42.5 Å². The summed E-state index contributed by atoms with van der Waals surface area (Å²) in [6.45, 7) is -0.0876. The van der Waals surface area contributed by atoms with Crippen molar-refractivity contribution in [2.24, 2.45) is 0 Å². The number of ether oxygens (including phenoxy) is 3. The van der Waals surface area contributed by atoms with Gasteiger partial charge in [-0.15, -0.1) is 0 Å². The zero-order chi connectivity index (χ0) is 25.0. The lowest BCUT2D eigenvalue weighted by atomic mass is 10.2. The molecule has 15 heteroatoms. The molecule has 182 valence electrons. The third-order valence-electron chi connectivity index (χ3n) is 4.47. The number of hydrogen-bond donors (Lipinski definition) is 2. The highest BCUT2D eigenvalue weighted by atomic mass is 32.2. The van der Waals surface area contributed by atoms with Crippen LogP contribution in [0.4, 0.5) is 15.8 Å². The van der Waals surface area contributed by atoms with Crippen molar-refractivity contribution in [3.63, 3.8) is 0 Å². The second kappa shape index (κ2) is 9.94. The SMILES string of the molecule is O=C(COC(=O)c1ccccc1NS(=O)(=O)c1ccc2c(c1)OCCO2)Nc1ncc([N+](=O)[O-])s1. The van der Waals surface area contributed by atoms with E-state index in [0.717, 1.165) is 6.20 Å². The Morgan fingerprint density at radius 3 is 2.63 bits per heavy atom. The smallest absolute Gasteiger partial charge is 0.345 e. The third kappa shape index (κ3) is 5.64. The molecular formula is C20H16N4O9S2. The number of rotatable bonds is 8. The summed E-state index contributed by atoms with van der Waals surface area (Å²) in [6.07, 6.45) is 0.982. The van der Waals surface area contributed by atoms with Gasteiger partial charge in [0.25, 0.3) is 15.9 Å². The lowest BCUT2D eigenvalue weighted by molar-refractivity contribution is -0.380. The van der Waals surface area contributed by atoms with Gasteiger partial charge in [-0.3, -0.25) is 24.9 Å². The Morgan fingerprint density at radius 1 is 1.14 bits per heavy atom. The van der Waals surface area contributed by atoms with E-state index in [0.29, 0.717) is 23.7 Å². The van der Waals surface area contributed by atoms with Crippen LogP contribution in [0.2, 0.25) is 0 Å². The number of hydrogen-bond acceptors (Lipinski definition) is 11. The number of aromatic nitrogens is 1. The van der Waals surface area contributed by atoms with Gasteiger partial charge in [-0.2, -0.15) is 0 Å². The monoisotopic (exact) mass is 520 g/mol. The second-order valence-electron chi connectivity index (χ2n) is 6.84. The van der Waals surface area contributed by atoms with E-state index in [1.807, 2.05) is 0 Å². The topological polar surface area (TPSA) is 176 Å². The number of amides is 1. The number of sulfonamides is 1. The highest BCUT2D eigenvalue weighted by Crippen LogP contribution is 2.33. The Balaban J connectivity index is 1.43. The molecule has 0 radical (unpaired) electrons. The largest absolute Gasteiger partial charge is 0.486 e. The van der Waals surface area contributed by atoms with Crippen molar-refractivity contribution in [1.29, 1.82) is 0 Å². The van der Waals surface area contributed by atoms with E-state index < -0.39 is 33.4 Å². The standard InChI is InChI=1S/C20H16N4O9S2/c25-17(22-20-21-10-18(34-20)24(27)28)11-33-19(26)13-3-1-2-4-14(13)23-35(29,30)12-5-6-15-16(9-12)32-8-7-31-15/h1-6,9-10,23H,7-8,11H2,(H,21,22,25). The Bertz CT molecular complexity index is 1410. The normalized spacial score (nSPS) is 12.5. The first kappa shape index (κ1) is 23.9. The summed E-state index contributed by atoms with van der Waals surface area (Å²) in [4.78, 5) is 38.2. The molecule has 4 rings (SSSR count). The molecule has 1 aliphatic heterocycles. The van der Waals surface area contributed by atoms with Crippen LogP contribution in [-0.4, -0.2) is 50.0 Å². The van der Waals surface area contributed by atoms with Crippen molar-refractivity contribution in [3.05, 3.63) is 64.3 Å². The fourth-order valence-electron chi connectivity index (χ4n) is 2.92. The maximum absolute atomic E-state index is 12.9. The summed E-state index contributed by atoms with van der Waals surface area (Å²) in [6, 6.07) is 9.81. The van der Waals surface area contributed by atoms with Crippen molar-refractivity contribution in [3.8, 4) is 11.5 Å².